The van der Waals surface area contributed by atoms with Gasteiger partial charge in [0.05, 0.1) is 22.6 Å². The SMILES string of the molecule is O=C1NC[C@@H](C(=O)N[C@@H](c2ccccc2)c2ccc(Cl)c(Cl)c2)O1. The van der Waals surface area contributed by atoms with Crippen LogP contribution in [0.4, 0.5) is 4.79 Å². The topological polar surface area (TPSA) is 67.4 Å². The summed E-state index contributed by atoms with van der Waals surface area (Å²) in [6.45, 7) is 0.146. The van der Waals surface area contributed by atoms with Crippen molar-refractivity contribution in [3.8, 4) is 0 Å². The van der Waals surface area contributed by atoms with Crippen molar-refractivity contribution in [2.45, 2.75) is 12.1 Å². The van der Waals surface area contributed by atoms with Crippen molar-refractivity contribution in [3.63, 3.8) is 0 Å². The average Bonchev–Trinajstić information content (AvgIpc) is 3.02. The Labute approximate surface area is 148 Å². The van der Waals surface area contributed by atoms with Crippen molar-refractivity contribution in [2.24, 2.45) is 0 Å². The summed E-state index contributed by atoms with van der Waals surface area (Å²) in [4.78, 5) is 23.5. The van der Waals surface area contributed by atoms with E-state index in [0.29, 0.717) is 10.0 Å². The van der Waals surface area contributed by atoms with Crippen LogP contribution in [0.1, 0.15) is 17.2 Å². The molecule has 0 saturated carbocycles. The molecule has 0 aromatic heterocycles. The fraction of sp³-hybridized carbons (Fsp3) is 0.176. The number of nitrogens with one attached hydrogen (secondary N) is 2. The lowest BCUT2D eigenvalue weighted by Crippen LogP contribution is -2.39. The molecule has 0 radical (unpaired) electrons. The average molecular weight is 365 g/mol. The maximum absolute atomic E-state index is 12.4. The molecule has 124 valence electrons. The lowest BCUT2D eigenvalue weighted by molar-refractivity contribution is -0.128. The molecule has 7 heteroatoms. The van der Waals surface area contributed by atoms with Crippen LogP contribution in [0.3, 0.4) is 0 Å². The number of cyclic esters (lactones) is 1. The predicted octanol–water partition coefficient (Wildman–Crippen LogP) is 3.31. The summed E-state index contributed by atoms with van der Waals surface area (Å²) in [5, 5.41) is 6.20. The van der Waals surface area contributed by atoms with Crippen LogP contribution >= 0.6 is 23.2 Å². The van der Waals surface area contributed by atoms with Gasteiger partial charge in [0.25, 0.3) is 5.91 Å². The molecule has 1 aliphatic heterocycles. The van der Waals surface area contributed by atoms with Crippen LogP contribution in [-0.4, -0.2) is 24.6 Å². The Bertz CT molecular complexity index is 768. The minimum atomic E-state index is -0.855. The van der Waals surface area contributed by atoms with E-state index in [4.69, 9.17) is 27.9 Å². The second-order valence-corrected chi connectivity index (χ2v) is 6.12. The molecule has 2 N–H and O–H groups in total. The minimum Gasteiger partial charge on any atom is -0.434 e. The van der Waals surface area contributed by atoms with Gasteiger partial charge in [0.15, 0.2) is 6.10 Å². The van der Waals surface area contributed by atoms with Crippen LogP contribution in [0, 0.1) is 0 Å². The molecule has 0 bridgehead atoms. The Hall–Kier alpha value is -2.24. The molecule has 3 rings (SSSR count). The van der Waals surface area contributed by atoms with E-state index in [9.17, 15) is 9.59 Å². The van der Waals surface area contributed by atoms with Gasteiger partial charge in [-0.15, -0.1) is 0 Å². The fourth-order valence-electron chi connectivity index (χ4n) is 2.47. The number of carbonyl (C=O) groups is 2. The number of ether oxygens (including phenoxy) is 1. The van der Waals surface area contributed by atoms with Crippen molar-refractivity contribution in [3.05, 3.63) is 69.7 Å². The highest BCUT2D eigenvalue weighted by Gasteiger charge is 2.31. The summed E-state index contributed by atoms with van der Waals surface area (Å²) in [5.74, 6) is -0.381. The molecule has 0 unspecified atom stereocenters. The molecular weight excluding hydrogens is 351 g/mol. The third-order valence-corrected chi connectivity index (χ3v) is 4.41. The van der Waals surface area contributed by atoms with Gasteiger partial charge in [0.1, 0.15) is 0 Å². The molecule has 2 amide bonds. The molecule has 5 nitrogen and oxygen atoms in total. The number of halogens is 2. The van der Waals surface area contributed by atoms with Crippen molar-refractivity contribution < 1.29 is 14.3 Å². The zero-order chi connectivity index (χ0) is 17.1. The van der Waals surface area contributed by atoms with Gasteiger partial charge in [-0.1, -0.05) is 59.6 Å². The van der Waals surface area contributed by atoms with Gasteiger partial charge in [0.2, 0.25) is 0 Å². The van der Waals surface area contributed by atoms with Crippen LogP contribution in [-0.2, 0) is 9.53 Å². The Morgan fingerprint density at radius 1 is 1.12 bits per heavy atom. The Morgan fingerprint density at radius 3 is 2.50 bits per heavy atom. The van der Waals surface area contributed by atoms with Gasteiger partial charge in [0, 0.05) is 0 Å². The third-order valence-electron chi connectivity index (χ3n) is 3.67. The number of hydrogen-bond donors (Lipinski definition) is 2. The van der Waals surface area contributed by atoms with Gasteiger partial charge in [-0.2, -0.15) is 0 Å². The summed E-state index contributed by atoms with van der Waals surface area (Å²) in [6.07, 6.45) is -1.45. The fourth-order valence-corrected chi connectivity index (χ4v) is 2.77. The molecule has 0 spiro atoms. The van der Waals surface area contributed by atoms with E-state index >= 15 is 0 Å². The van der Waals surface area contributed by atoms with Gasteiger partial charge in [-0.05, 0) is 23.3 Å². The monoisotopic (exact) mass is 364 g/mol. The molecule has 2 atom stereocenters. The Kier molecular flexibility index (Phi) is 4.92. The van der Waals surface area contributed by atoms with Crippen molar-refractivity contribution in [1.82, 2.24) is 10.6 Å². The second-order valence-electron chi connectivity index (χ2n) is 5.30. The van der Waals surface area contributed by atoms with Crippen molar-refractivity contribution >= 4 is 35.2 Å². The normalized spacial score (nSPS) is 17.8. The van der Waals surface area contributed by atoms with E-state index < -0.39 is 18.2 Å². The van der Waals surface area contributed by atoms with E-state index in [1.165, 1.54) is 0 Å². The van der Waals surface area contributed by atoms with E-state index in [1.54, 1.807) is 18.2 Å². The van der Waals surface area contributed by atoms with Gasteiger partial charge < -0.3 is 15.4 Å². The molecule has 24 heavy (non-hydrogen) atoms. The summed E-state index contributed by atoms with van der Waals surface area (Å²) in [5.41, 5.74) is 1.66. The van der Waals surface area contributed by atoms with Crippen LogP contribution < -0.4 is 10.6 Å². The zero-order valence-corrected chi connectivity index (χ0v) is 14.0. The molecule has 1 saturated heterocycles. The number of alkyl carbamates (subject to hydrolysis) is 1. The summed E-state index contributed by atoms with van der Waals surface area (Å²) < 4.78 is 4.93. The van der Waals surface area contributed by atoms with E-state index in [-0.39, 0.29) is 12.5 Å². The number of carbonyl (C=O) groups excluding carboxylic acids is 2. The third kappa shape index (κ3) is 3.63. The van der Waals surface area contributed by atoms with Crippen molar-refractivity contribution in [1.29, 1.82) is 0 Å². The highest BCUT2D eigenvalue weighted by molar-refractivity contribution is 6.42. The first-order valence-corrected chi connectivity index (χ1v) is 8.05. The first-order valence-electron chi connectivity index (χ1n) is 7.29. The van der Waals surface area contributed by atoms with Crippen molar-refractivity contribution in [2.75, 3.05) is 6.54 Å². The van der Waals surface area contributed by atoms with E-state index in [1.807, 2.05) is 30.3 Å². The summed E-state index contributed by atoms with van der Waals surface area (Å²) >= 11 is 12.1. The smallest absolute Gasteiger partial charge is 0.408 e. The molecular formula is C17H14Cl2N2O3. The second kappa shape index (κ2) is 7.11. The van der Waals surface area contributed by atoms with E-state index in [0.717, 1.165) is 11.1 Å². The van der Waals surface area contributed by atoms with Crippen LogP contribution in [0.15, 0.2) is 48.5 Å². The summed E-state index contributed by atoms with van der Waals surface area (Å²) in [6, 6.07) is 14.2. The molecule has 1 aliphatic rings. The lowest BCUT2D eigenvalue weighted by Gasteiger charge is -2.21. The summed E-state index contributed by atoms with van der Waals surface area (Å²) in [7, 11) is 0. The largest absolute Gasteiger partial charge is 0.434 e. The molecule has 2 aromatic rings. The molecule has 1 fully saturated rings. The molecule has 1 heterocycles. The zero-order valence-electron chi connectivity index (χ0n) is 12.5. The number of benzene rings is 2. The highest BCUT2D eigenvalue weighted by Crippen LogP contribution is 2.29. The van der Waals surface area contributed by atoms with Crippen LogP contribution in [0.25, 0.3) is 0 Å². The number of amides is 2. The minimum absolute atomic E-state index is 0.146. The standard InChI is InChI=1S/C17H14Cl2N2O3/c18-12-7-6-11(8-13(12)19)15(10-4-2-1-3-5-10)21-16(22)14-9-20-17(23)24-14/h1-8,14-15H,9H2,(H,20,23)(H,21,22)/t14-,15-/m0/s1. The quantitative estimate of drug-likeness (QED) is 0.874. The molecule has 2 aromatic carbocycles. The van der Waals surface area contributed by atoms with Crippen LogP contribution in [0.2, 0.25) is 10.0 Å². The predicted molar refractivity (Wildman–Crippen MR) is 91.2 cm³/mol. The maximum atomic E-state index is 12.4. The lowest BCUT2D eigenvalue weighted by atomic mass is 9.98. The van der Waals surface area contributed by atoms with E-state index in [2.05, 4.69) is 10.6 Å². The number of hydrogen-bond acceptors (Lipinski definition) is 3. The number of rotatable bonds is 4. The Balaban J connectivity index is 1.89. The first-order chi connectivity index (χ1) is 11.5. The first kappa shape index (κ1) is 16.6. The van der Waals surface area contributed by atoms with Gasteiger partial charge >= 0.3 is 6.09 Å². The van der Waals surface area contributed by atoms with Gasteiger partial charge in [-0.25, -0.2) is 4.79 Å². The molecule has 0 aliphatic carbocycles. The van der Waals surface area contributed by atoms with Gasteiger partial charge in [-0.3, -0.25) is 4.79 Å². The highest BCUT2D eigenvalue weighted by atomic mass is 35.5. The Morgan fingerprint density at radius 2 is 1.88 bits per heavy atom. The van der Waals surface area contributed by atoms with Crippen LogP contribution in [0.5, 0.6) is 0 Å². The maximum Gasteiger partial charge on any atom is 0.408 e.